The third-order valence-electron chi connectivity index (χ3n) is 6.44. The fourth-order valence-electron chi connectivity index (χ4n) is 4.47. The number of amides is 1. The number of hydrogen-bond acceptors (Lipinski definition) is 7. The number of nitriles is 1. The molecule has 1 aliphatic rings. The van der Waals surface area contributed by atoms with Crippen molar-refractivity contribution in [3.8, 4) is 17.7 Å². The van der Waals surface area contributed by atoms with Gasteiger partial charge < -0.3 is 23.8 Å². The summed E-state index contributed by atoms with van der Waals surface area (Å²) in [6.07, 6.45) is 2.87. The highest BCUT2D eigenvalue weighted by Crippen LogP contribution is 2.31. The van der Waals surface area contributed by atoms with E-state index in [2.05, 4.69) is 22.4 Å². The zero-order valence-corrected chi connectivity index (χ0v) is 20.4. The summed E-state index contributed by atoms with van der Waals surface area (Å²) >= 11 is 0. The highest BCUT2D eigenvalue weighted by Gasteiger charge is 2.29. The number of oxazole rings is 1. The summed E-state index contributed by atoms with van der Waals surface area (Å²) in [7, 11) is 0. The second-order valence-electron chi connectivity index (χ2n) is 9.04. The van der Waals surface area contributed by atoms with Crippen LogP contribution in [0.25, 0.3) is 11.7 Å². The minimum absolute atomic E-state index is 0.0414. The van der Waals surface area contributed by atoms with Crippen molar-refractivity contribution >= 4 is 11.8 Å². The Morgan fingerprint density at radius 3 is 2.54 bits per heavy atom. The predicted molar refractivity (Wildman–Crippen MR) is 137 cm³/mol. The lowest BCUT2D eigenvalue weighted by Crippen LogP contribution is -2.40. The molecule has 2 aromatic heterocycles. The molecule has 0 aliphatic carbocycles. The van der Waals surface area contributed by atoms with E-state index in [1.165, 1.54) is 6.26 Å². The van der Waals surface area contributed by atoms with Crippen LogP contribution in [0.4, 0.5) is 5.88 Å². The third-order valence-corrected chi connectivity index (χ3v) is 6.44. The van der Waals surface area contributed by atoms with Gasteiger partial charge in [-0.05, 0) is 41.7 Å². The number of carbonyl (C=O) groups excluding carboxylic acids is 1. The van der Waals surface area contributed by atoms with E-state index in [4.69, 9.17) is 13.6 Å². The monoisotopic (exact) mass is 496 g/mol. The van der Waals surface area contributed by atoms with Gasteiger partial charge in [-0.1, -0.05) is 54.6 Å². The van der Waals surface area contributed by atoms with Gasteiger partial charge in [0, 0.05) is 25.6 Å². The molecule has 1 aliphatic heterocycles. The highest BCUT2D eigenvalue weighted by atomic mass is 16.5. The van der Waals surface area contributed by atoms with E-state index in [0.29, 0.717) is 57.3 Å². The Morgan fingerprint density at radius 2 is 1.78 bits per heavy atom. The van der Waals surface area contributed by atoms with Crippen LogP contribution in [0, 0.1) is 17.2 Å². The van der Waals surface area contributed by atoms with Gasteiger partial charge in [0.2, 0.25) is 17.5 Å². The van der Waals surface area contributed by atoms with Gasteiger partial charge in [-0.2, -0.15) is 10.2 Å². The largest absolute Gasteiger partial charge is 0.459 e. The van der Waals surface area contributed by atoms with Crippen molar-refractivity contribution in [2.45, 2.75) is 32.6 Å². The van der Waals surface area contributed by atoms with Crippen LogP contribution in [0.15, 0.2) is 81.8 Å². The maximum atomic E-state index is 12.9. The minimum atomic E-state index is -0.0911. The van der Waals surface area contributed by atoms with Gasteiger partial charge in [0.05, 0.1) is 19.5 Å². The van der Waals surface area contributed by atoms with E-state index in [0.717, 1.165) is 16.7 Å². The van der Waals surface area contributed by atoms with Gasteiger partial charge >= 0.3 is 0 Å². The van der Waals surface area contributed by atoms with Crippen molar-refractivity contribution in [2.24, 2.45) is 5.92 Å². The van der Waals surface area contributed by atoms with Gasteiger partial charge in [-0.3, -0.25) is 4.79 Å². The summed E-state index contributed by atoms with van der Waals surface area (Å²) in [5.74, 6) is 1.14. The van der Waals surface area contributed by atoms with E-state index in [1.807, 2.05) is 53.4 Å². The normalized spacial score (nSPS) is 13.9. The molecular weight excluding hydrogens is 468 g/mol. The molecule has 37 heavy (non-hydrogen) atoms. The molecule has 0 bridgehead atoms. The molecule has 3 heterocycles. The van der Waals surface area contributed by atoms with Crippen molar-refractivity contribution in [3.05, 3.63) is 95.4 Å². The zero-order chi connectivity index (χ0) is 25.5. The van der Waals surface area contributed by atoms with Gasteiger partial charge in [-0.15, -0.1) is 0 Å². The van der Waals surface area contributed by atoms with Crippen LogP contribution in [0.3, 0.4) is 0 Å². The van der Waals surface area contributed by atoms with Crippen LogP contribution in [0.2, 0.25) is 0 Å². The summed E-state index contributed by atoms with van der Waals surface area (Å²) in [4.78, 5) is 19.1. The van der Waals surface area contributed by atoms with Gasteiger partial charge in [0.1, 0.15) is 6.07 Å². The van der Waals surface area contributed by atoms with Crippen molar-refractivity contribution in [2.75, 3.05) is 18.0 Å². The first-order valence-corrected chi connectivity index (χ1v) is 12.4. The predicted octanol–water partition coefficient (Wildman–Crippen LogP) is 5.06. The molecule has 0 spiro atoms. The van der Waals surface area contributed by atoms with Gasteiger partial charge in [0.15, 0.2) is 5.76 Å². The number of carbonyl (C=O) groups is 1. The lowest BCUT2D eigenvalue weighted by atomic mass is 9.96. The summed E-state index contributed by atoms with van der Waals surface area (Å²) in [5.41, 5.74) is 3.48. The molecule has 1 saturated heterocycles. The number of nitrogens with one attached hydrogen (secondary N) is 1. The Kier molecular flexibility index (Phi) is 7.63. The number of hydrogen-bond donors (Lipinski definition) is 1. The van der Waals surface area contributed by atoms with Gasteiger partial charge in [0.25, 0.3) is 5.89 Å². The average molecular weight is 497 g/mol. The SMILES string of the molecule is N#Cc1nc(-c2ccco2)oc1N1CCC(C(=O)NCc2cccc(COCc3ccccc3)c2)CC1. The third kappa shape index (κ3) is 6.08. The molecule has 8 heteroatoms. The summed E-state index contributed by atoms with van der Waals surface area (Å²) in [6.45, 7) is 2.76. The first kappa shape index (κ1) is 24.3. The van der Waals surface area contributed by atoms with Crippen molar-refractivity contribution in [1.82, 2.24) is 10.3 Å². The molecule has 0 radical (unpaired) electrons. The first-order valence-electron chi connectivity index (χ1n) is 12.4. The molecule has 2 aromatic carbocycles. The molecule has 5 rings (SSSR count). The molecule has 4 aromatic rings. The van der Waals surface area contributed by atoms with Gasteiger partial charge in [-0.25, -0.2) is 0 Å². The topological polar surface area (TPSA) is 105 Å². The quantitative estimate of drug-likeness (QED) is 0.345. The van der Waals surface area contributed by atoms with Crippen LogP contribution in [-0.4, -0.2) is 24.0 Å². The number of benzene rings is 2. The van der Waals surface area contributed by atoms with Crippen molar-refractivity contribution in [1.29, 1.82) is 5.26 Å². The zero-order valence-electron chi connectivity index (χ0n) is 20.4. The van der Waals surface area contributed by atoms with Crippen LogP contribution in [-0.2, 0) is 29.3 Å². The highest BCUT2D eigenvalue weighted by molar-refractivity contribution is 5.79. The number of ether oxygens (including phenoxy) is 1. The number of rotatable bonds is 9. The second kappa shape index (κ2) is 11.6. The van der Waals surface area contributed by atoms with Crippen molar-refractivity contribution < 1.29 is 18.4 Å². The molecule has 0 saturated carbocycles. The smallest absolute Gasteiger partial charge is 0.266 e. The molecule has 0 atom stereocenters. The number of nitrogens with zero attached hydrogens (tertiary/aromatic N) is 3. The Morgan fingerprint density at radius 1 is 1.03 bits per heavy atom. The number of furan rings is 1. The van der Waals surface area contributed by atoms with Crippen LogP contribution < -0.4 is 10.2 Å². The maximum Gasteiger partial charge on any atom is 0.266 e. The molecular formula is C29H28N4O4. The Bertz CT molecular complexity index is 1350. The van der Waals surface area contributed by atoms with Crippen LogP contribution >= 0.6 is 0 Å². The van der Waals surface area contributed by atoms with Crippen LogP contribution in [0.5, 0.6) is 0 Å². The maximum absolute atomic E-state index is 12.9. The summed E-state index contributed by atoms with van der Waals surface area (Å²) in [6, 6.07) is 23.8. The lowest BCUT2D eigenvalue weighted by molar-refractivity contribution is -0.125. The molecule has 1 N–H and O–H groups in total. The average Bonchev–Trinajstić information content (AvgIpc) is 3.63. The number of piperidine rings is 1. The molecule has 1 fully saturated rings. The number of anilines is 1. The van der Waals surface area contributed by atoms with Crippen molar-refractivity contribution in [3.63, 3.8) is 0 Å². The van der Waals surface area contributed by atoms with E-state index < -0.39 is 0 Å². The Hall–Kier alpha value is -4.35. The minimum Gasteiger partial charge on any atom is -0.459 e. The molecule has 1 amide bonds. The van der Waals surface area contributed by atoms with E-state index in [-0.39, 0.29) is 23.4 Å². The Balaban J connectivity index is 1.10. The lowest BCUT2D eigenvalue weighted by Gasteiger charge is -2.31. The standard InChI is InChI=1S/C29H28N4O4/c30-17-25-29(37-28(32-25)26-10-5-15-36-26)33-13-11-24(12-14-33)27(34)31-18-22-8-4-9-23(16-22)20-35-19-21-6-2-1-3-7-21/h1-10,15-16,24H,11-14,18-20H2,(H,31,34). The van der Waals surface area contributed by atoms with Crippen LogP contribution in [0.1, 0.15) is 35.2 Å². The van der Waals surface area contributed by atoms with E-state index in [9.17, 15) is 10.1 Å². The fourth-order valence-corrected chi connectivity index (χ4v) is 4.47. The molecule has 188 valence electrons. The van der Waals surface area contributed by atoms with E-state index >= 15 is 0 Å². The number of aromatic nitrogens is 1. The summed E-state index contributed by atoms with van der Waals surface area (Å²) < 4.78 is 17.0. The van der Waals surface area contributed by atoms with E-state index in [1.54, 1.807) is 12.1 Å². The Labute approximate surface area is 215 Å². The molecule has 8 nitrogen and oxygen atoms in total. The first-order chi connectivity index (χ1) is 18.2. The second-order valence-corrected chi connectivity index (χ2v) is 9.04. The molecule has 0 unspecified atom stereocenters. The summed E-state index contributed by atoms with van der Waals surface area (Å²) in [5, 5.41) is 12.6. The fraction of sp³-hybridized carbons (Fsp3) is 0.276.